The van der Waals surface area contributed by atoms with Gasteiger partial charge in [0.1, 0.15) is 12.4 Å². The maximum absolute atomic E-state index is 10.6. The molecule has 5 nitrogen and oxygen atoms in total. The molecule has 0 amide bonds. The Morgan fingerprint density at radius 1 is 0.636 bits per heavy atom. The zero-order chi connectivity index (χ0) is 23.5. The monoisotopic (exact) mass is 480 g/mol. The molecule has 4 rings (SSSR count). The third-order valence-corrected chi connectivity index (χ3v) is 7.84. The molecule has 2 N–H and O–H groups in total. The van der Waals surface area contributed by atoms with Gasteiger partial charge in [-0.25, -0.2) is 0 Å². The van der Waals surface area contributed by atoms with Crippen molar-refractivity contribution >= 4 is 34.0 Å². The van der Waals surface area contributed by atoms with Crippen molar-refractivity contribution < 1.29 is 22.8 Å². The molecule has 0 saturated carbocycles. The summed E-state index contributed by atoms with van der Waals surface area (Å²) in [6.45, 7) is 0.0330. The summed E-state index contributed by atoms with van der Waals surface area (Å²) in [5.74, 6) is 0.437. The van der Waals surface area contributed by atoms with E-state index in [-0.39, 0.29) is 18.1 Å². The van der Waals surface area contributed by atoms with Crippen LogP contribution in [0.15, 0.2) is 120 Å². The van der Waals surface area contributed by atoms with Crippen molar-refractivity contribution in [2.24, 2.45) is 0 Å². The minimum Gasteiger partial charge on any atom is -0.491 e. The van der Waals surface area contributed by atoms with Crippen molar-refractivity contribution in [3.63, 3.8) is 0 Å². The van der Waals surface area contributed by atoms with Gasteiger partial charge in [-0.05, 0) is 48.1 Å². The molecule has 0 fully saturated rings. The Labute approximate surface area is 195 Å². The zero-order valence-electron chi connectivity index (χ0n) is 17.9. The molecule has 33 heavy (non-hydrogen) atoms. The molecule has 4 aromatic rings. The first-order chi connectivity index (χ1) is 16.0. The van der Waals surface area contributed by atoms with Crippen LogP contribution in [0.3, 0.4) is 0 Å². The number of aliphatic hydroxyl groups is 1. The molecule has 0 spiro atoms. The summed E-state index contributed by atoms with van der Waals surface area (Å²) in [5, 5.41) is 12.6. The molecule has 0 aliphatic carbocycles. The molecule has 0 radical (unpaired) electrons. The highest BCUT2D eigenvalue weighted by Crippen LogP contribution is 2.32. The summed E-state index contributed by atoms with van der Waals surface area (Å²) in [6, 6.07) is 37.6. The fourth-order valence-corrected chi connectivity index (χ4v) is 5.84. The van der Waals surface area contributed by atoms with Crippen LogP contribution in [-0.2, 0) is 10.1 Å². The lowest BCUT2D eigenvalue weighted by Gasteiger charge is -2.18. The third-order valence-electron chi connectivity index (χ3n) is 4.52. The molecule has 0 aliphatic rings. The number of hydrogen-bond acceptors (Lipinski definition) is 4. The Balaban J connectivity index is 0.000000196. The standard InChI is InChI=1S/C18H15P.C8H10O5S/c1-4-10-16(11-5-1)19(17-12-6-2-7-13-17)18-14-8-3-9-15-18;9-5-6-13-7-1-3-8(4-2-7)14(10,11)12/h1-15H;1-4,9H,5-6H2,(H,10,11,12). The van der Waals surface area contributed by atoms with E-state index in [1.807, 2.05) is 0 Å². The van der Waals surface area contributed by atoms with Crippen LogP contribution < -0.4 is 20.7 Å². The third kappa shape index (κ3) is 7.52. The number of hydrogen-bond donors (Lipinski definition) is 2. The van der Waals surface area contributed by atoms with Crippen LogP contribution in [0.2, 0.25) is 0 Å². The normalized spacial score (nSPS) is 10.9. The van der Waals surface area contributed by atoms with E-state index < -0.39 is 18.0 Å². The SMILES string of the molecule is O=S(=O)(O)c1ccc(OCCO)cc1.c1ccc(P(c2ccccc2)c2ccccc2)cc1. The maximum Gasteiger partial charge on any atom is 0.294 e. The van der Waals surface area contributed by atoms with Gasteiger partial charge in [0.05, 0.1) is 11.5 Å². The van der Waals surface area contributed by atoms with Gasteiger partial charge in [-0.1, -0.05) is 91.0 Å². The smallest absolute Gasteiger partial charge is 0.294 e. The van der Waals surface area contributed by atoms with E-state index in [0.717, 1.165) is 0 Å². The average Bonchev–Trinajstić information content (AvgIpc) is 2.85. The molecule has 0 bridgehead atoms. The molecule has 0 aliphatic heterocycles. The number of aliphatic hydroxyl groups excluding tert-OH is 1. The first-order valence-electron chi connectivity index (χ1n) is 10.3. The van der Waals surface area contributed by atoms with Gasteiger partial charge in [-0.3, -0.25) is 4.55 Å². The Morgan fingerprint density at radius 3 is 1.36 bits per heavy atom. The largest absolute Gasteiger partial charge is 0.491 e. The Hall–Kier alpha value is -3.02. The van der Waals surface area contributed by atoms with E-state index in [2.05, 4.69) is 91.0 Å². The first-order valence-corrected chi connectivity index (χ1v) is 13.0. The fraction of sp³-hybridized carbons (Fsp3) is 0.0769. The van der Waals surface area contributed by atoms with E-state index in [4.69, 9.17) is 14.4 Å². The summed E-state index contributed by atoms with van der Waals surface area (Å²) in [7, 11) is -4.59. The highest BCUT2D eigenvalue weighted by atomic mass is 32.2. The molecule has 7 heteroatoms. The van der Waals surface area contributed by atoms with Crippen LogP contribution in [0.5, 0.6) is 5.75 Å². The topological polar surface area (TPSA) is 83.8 Å². The maximum atomic E-state index is 10.6. The van der Waals surface area contributed by atoms with E-state index >= 15 is 0 Å². The summed E-state index contributed by atoms with van der Waals surface area (Å²) >= 11 is 0. The van der Waals surface area contributed by atoms with E-state index in [1.165, 1.54) is 40.2 Å². The van der Waals surface area contributed by atoms with E-state index in [1.54, 1.807) is 0 Å². The number of benzene rings is 4. The molecule has 0 aromatic heterocycles. The average molecular weight is 481 g/mol. The Kier molecular flexibility index (Phi) is 9.16. The summed E-state index contributed by atoms with van der Waals surface area (Å²) in [5.41, 5.74) is 0. The van der Waals surface area contributed by atoms with E-state index in [9.17, 15) is 8.42 Å². The van der Waals surface area contributed by atoms with Crippen LogP contribution in [0.1, 0.15) is 0 Å². The van der Waals surface area contributed by atoms with Gasteiger partial charge in [0.15, 0.2) is 0 Å². The van der Waals surface area contributed by atoms with Gasteiger partial charge in [0, 0.05) is 0 Å². The predicted octanol–water partition coefficient (Wildman–Crippen LogP) is 3.75. The molecule has 0 unspecified atom stereocenters. The number of ether oxygens (including phenoxy) is 1. The van der Waals surface area contributed by atoms with Crippen molar-refractivity contribution in [1.82, 2.24) is 0 Å². The second kappa shape index (κ2) is 12.3. The second-order valence-corrected chi connectivity index (χ2v) is 10.5. The van der Waals surface area contributed by atoms with E-state index in [0.29, 0.717) is 5.75 Å². The Morgan fingerprint density at radius 2 is 1.03 bits per heavy atom. The van der Waals surface area contributed by atoms with Crippen LogP contribution in [0.4, 0.5) is 0 Å². The van der Waals surface area contributed by atoms with Crippen molar-refractivity contribution in [3.8, 4) is 5.75 Å². The van der Waals surface area contributed by atoms with Crippen molar-refractivity contribution in [2.45, 2.75) is 4.90 Å². The Bertz CT molecular complexity index is 1110. The van der Waals surface area contributed by atoms with Gasteiger partial charge in [0.25, 0.3) is 10.1 Å². The zero-order valence-corrected chi connectivity index (χ0v) is 19.6. The van der Waals surface area contributed by atoms with Gasteiger partial charge in [-0.2, -0.15) is 8.42 Å². The lowest BCUT2D eigenvalue weighted by molar-refractivity contribution is 0.201. The molecule has 0 saturated heterocycles. The first kappa shape index (κ1) is 24.6. The van der Waals surface area contributed by atoms with Crippen LogP contribution in [0.25, 0.3) is 0 Å². The molecule has 170 valence electrons. The minimum atomic E-state index is -4.15. The fourth-order valence-electron chi connectivity index (χ4n) is 3.05. The lowest BCUT2D eigenvalue weighted by atomic mass is 10.3. The minimum absolute atomic E-state index is 0.111. The van der Waals surface area contributed by atoms with Gasteiger partial charge < -0.3 is 9.84 Å². The summed E-state index contributed by atoms with van der Waals surface area (Å²) in [6.07, 6.45) is 0. The molecule has 0 heterocycles. The van der Waals surface area contributed by atoms with Gasteiger partial charge in [-0.15, -0.1) is 0 Å². The number of rotatable bonds is 7. The lowest BCUT2D eigenvalue weighted by Crippen LogP contribution is -2.20. The van der Waals surface area contributed by atoms with Crippen molar-refractivity contribution in [2.75, 3.05) is 13.2 Å². The van der Waals surface area contributed by atoms with Crippen LogP contribution >= 0.6 is 7.92 Å². The quantitative estimate of drug-likeness (QED) is 0.311. The van der Waals surface area contributed by atoms with Crippen LogP contribution in [0, 0.1) is 0 Å². The molecular formula is C26H25O5PS. The van der Waals surface area contributed by atoms with Gasteiger partial charge >= 0.3 is 0 Å². The second-order valence-electron chi connectivity index (χ2n) is 6.86. The van der Waals surface area contributed by atoms with Gasteiger partial charge in [0.2, 0.25) is 0 Å². The predicted molar refractivity (Wildman–Crippen MR) is 134 cm³/mol. The highest BCUT2D eigenvalue weighted by molar-refractivity contribution is 7.85. The van der Waals surface area contributed by atoms with Crippen LogP contribution in [-0.4, -0.2) is 31.3 Å². The summed E-state index contributed by atoms with van der Waals surface area (Å²) in [4.78, 5) is -0.186. The van der Waals surface area contributed by atoms with Crippen molar-refractivity contribution in [3.05, 3.63) is 115 Å². The molecule has 4 aromatic carbocycles. The molecular weight excluding hydrogens is 455 g/mol. The highest BCUT2D eigenvalue weighted by Gasteiger charge is 2.15. The molecule has 0 atom stereocenters. The summed E-state index contributed by atoms with van der Waals surface area (Å²) < 4.78 is 34.9. The van der Waals surface area contributed by atoms with Crippen molar-refractivity contribution in [1.29, 1.82) is 0 Å².